The highest BCUT2D eigenvalue weighted by molar-refractivity contribution is 6.25. The van der Waals surface area contributed by atoms with Gasteiger partial charge >= 0.3 is 0 Å². The fourth-order valence-electron chi connectivity index (χ4n) is 0.167. The standard InChI is InChI=1S/C4H10O2.C2H4Cl2/c1-5-3-4-6-2;3-1-2-4/h3-4H2,1-2H3;1-2H2. The largest absolute Gasteiger partial charge is 0.382 e. The predicted molar refractivity (Wildman–Crippen MR) is 45.2 cm³/mol. The van der Waals surface area contributed by atoms with Crippen molar-refractivity contribution in [3.63, 3.8) is 0 Å². The van der Waals surface area contributed by atoms with Crippen molar-refractivity contribution in [1.82, 2.24) is 0 Å². The average molecular weight is 189 g/mol. The molecule has 0 aliphatic heterocycles. The van der Waals surface area contributed by atoms with Gasteiger partial charge in [-0.3, -0.25) is 0 Å². The Balaban J connectivity index is 0. The van der Waals surface area contributed by atoms with E-state index in [0.717, 1.165) is 0 Å². The van der Waals surface area contributed by atoms with E-state index in [1.165, 1.54) is 0 Å². The van der Waals surface area contributed by atoms with Crippen molar-refractivity contribution < 1.29 is 9.47 Å². The van der Waals surface area contributed by atoms with Crippen molar-refractivity contribution in [1.29, 1.82) is 0 Å². The van der Waals surface area contributed by atoms with Gasteiger partial charge in [-0.05, 0) is 0 Å². The van der Waals surface area contributed by atoms with Gasteiger partial charge in [0, 0.05) is 26.0 Å². The lowest BCUT2D eigenvalue weighted by molar-refractivity contribution is 0.103. The Labute approximate surface area is 72.4 Å². The number of hydrogen-bond acceptors (Lipinski definition) is 2. The van der Waals surface area contributed by atoms with Gasteiger partial charge in [-0.15, -0.1) is 23.2 Å². The van der Waals surface area contributed by atoms with Gasteiger partial charge in [0.05, 0.1) is 13.2 Å². The summed E-state index contributed by atoms with van der Waals surface area (Å²) in [4.78, 5) is 0. The molecular formula is C6H14Cl2O2. The lowest BCUT2D eigenvalue weighted by Crippen LogP contribution is -1.96. The van der Waals surface area contributed by atoms with Crippen LogP contribution in [0, 0.1) is 0 Å². The van der Waals surface area contributed by atoms with Crippen LogP contribution in [0.15, 0.2) is 0 Å². The van der Waals surface area contributed by atoms with E-state index >= 15 is 0 Å². The first-order valence-electron chi connectivity index (χ1n) is 2.93. The Morgan fingerprint density at radius 2 is 1.20 bits per heavy atom. The zero-order valence-corrected chi connectivity index (χ0v) is 7.91. The number of hydrogen-bond donors (Lipinski definition) is 0. The number of methoxy groups -OCH3 is 2. The molecule has 10 heavy (non-hydrogen) atoms. The predicted octanol–water partition coefficient (Wildman–Crippen LogP) is 1.74. The smallest absolute Gasteiger partial charge is 0.0696 e. The average Bonchev–Trinajstić information content (AvgIpc) is 2.01. The van der Waals surface area contributed by atoms with Crippen LogP contribution < -0.4 is 0 Å². The van der Waals surface area contributed by atoms with Gasteiger partial charge in [-0.2, -0.15) is 0 Å². The second kappa shape index (κ2) is 16.2. The zero-order chi connectivity index (χ0) is 8.24. The molecule has 0 bridgehead atoms. The van der Waals surface area contributed by atoms with Gasteiger partial charge in [0.15, 0.2) is 0 Å². The summed E-state index contributed by atoms with van der Waals surface area (Å²) in [6.45, 7) is 1.38. The number of rotatable bonds is 4. The van der Waals surface area contributed by atoms with Gasteiger partial charge in [0.2, 0.25) is 0 Å². The molecule has 0 aliphatic rings. The maximum absolute atomic E-state index is 5.05. The minimum atomic E-state index is 0.557. The van der Waals surface area contributed by atoms with Crippen molar-refractivity contribution in [2.75, 3.05) is 39.2 Å². The highest BCUT2D eigenvalue weighted by Crippen LogP contribution is 1.75. The molecule has 0 saturated carbocycles. The minimum Gasteiger partial charge on any atom is -0.382 e. The molecule has 0 aromatic rings. The topological polar surface area (TPSA) is 18.5 Å². The third-order valence-corrected chi connectivity index (χ3v) is 1.13. The lowest BCUT2D eigenvalue weighted by Gasteiger charge is -1.91. The third-order valence-electron chi connectivity index (χ3n) is 0.563. The van der Waals surface area contributed by atoms with E-state index in [4.69, 9.17) is 23.2 Å². The molecule has 0 atom stereocenters. The van der Waals surface area contributed by atoms with E-state index in [1.54, 1.807) is 14.2 Å². The van der Waals surface area contributed by atoms with Crippen molar-refractivity contribution in [2.24, 2.45) is 0 Å². The van der Waals surface area contributed by atoms with Crippen molar-refractivity contribution in [2.45, 2.75) is 0 Å². The van der Waals surface area contributed by atoms with Crippen LogP contribution in [-0.4, -0.2) is 39.2 Å². The molecule has 0 N–H and O–H groups in total. The quantitative estimate of drug-likeness (QED) is 0.495. The van der Waals surface area contributed by atoms with Crippen LogP contribution in [0.25, 0.3) is 0 Å². The van der Waals surface area contributed by atoms with Crippen LogP contribution in [0.2, 0.25) is 0 Å². The van der Waals surface area contributed by atoms with Gasteiger partial charge in [-0.1, -0.05) is 0 Å². The number of alkyl halides is 2. The minimum absolute atomic E-state index is 0.557. The third kappa shape index (κ3) is 23.6. The first-order chi connectivity index (χ1) is 4.83. The van der Waals surface area contributed by atoms with Crippen LogP contribution in [0.1, 0.15) is 0 Å². The van der Waals surface area contributed by atoms with E-state index in [-0.39, 0.29) is 0 Å². The van der Waals surface area contributed by atoms with Gasteiger partial charge < -0.3 is 9.47 Å². The SMILES string of the molecule is COCCOC.ClCCCl. The summed E-state index contributed by atoms with van der Waals surface area (Å²) in [5.41, 5.74) is 0. The number of ether oxygens (including phenoxy) is 2. The fraction of sp³-hybridized carbons (Fsp3) is 1.00. The van der Waals surface area contributed by atoms with Crippen molar-refractivity contribution in [3.05, 3.63) is 0 Å². The van der Waals surface area contributed by atoms with Crippen LogP contribution >= 0.6 is 23.2 Å². The fourth-order valence-corrected chi connectivity index (χ4v) is 0.167. The normalized spacial score (nSPS) is 8.40. The van der Waals surface area contributed by atoms with Crippen LogP contribution in [0.4, 0.5) is 0 Å². The van der Waals surface area contributed by atoms with Crippen LogP contribution in [-0.2, 0) is 9.47 Å². The first kappa shape index (κ1) is 13.1. The first-order valence-corrected chi connectivity index (χ1v) is 4.00. The zero-order valence-electron chi connectivity index (χ0n) is 6.40. The molecule has 4 heteroatoms. The molecular weight excluding hydrogens is 175 g/mol. The Morgan fingerprint density at radius 1 is 0.900 bits per heavy atom. The molecule has 64 valence electrons. The second-order valence-electron chi connectivity index (χ2n) is 1.36. The molecule has 0 radical (unpaired) electrons. The van der Waals surface area contributed by atoms with Crippen molar-refractivity contribution >= 4 is 23.2 Å². The Morgan fingerprint density at radius 3 is 1.30 bits per heavy atom. The Hall–Kier alpha value is 0.500. The highest BCUT2D eigenvalue weighted by Gasteiger charge is 1.73. The summed E-state index contributed by atoms with van der Waals surface area (Å²) >= 11 is 10.1. The van der Waals surface area contributed by atoms with Crippen LogP contribution in [0.3, 0.4) is 0 Å². The monoisotopic (exact) mass is 188 g/mol. The lowest BCUT2D eigenvalue weighted by atomic mass is 10.8. The summed E-state index contributed by atoms with van der Waals surface area (Å²) in [6.07, 6.45) is 0. The molecule has 0 saturated heterocycles. The van der Waals surface area contributed by atoms with Gasteiger partial charge in [0.25, 0.3) is 0 Å². The molecule has 0 amide bonds. The van der Waals surface area contributed by atoms with E-state index in [2.05, 4.69) is 9.47 Å². The summed E-state index contributed by atoms with van der Waals surface area (Å²) < 4.78 is 9.31. The van der Waals surface area contributed by atoms with Crippen molar-refractivity contribution in [3.8, 4) is 0 Å². The van der Waals surface area contributed by atoms with Gasteiger partial charge in [-0.25, -0.2) is 0 Å². The maximum Gasteiger partial charge on any atom is 0.0696 e. The molecule has 0 aromatic carbocycles. The Kier molecular flexibility index (Phi) is 21.3. The van der Waals surface area contributed by atoms with E-state index < -0.39 is 0 Å². The molecule has 0 aliphatic carbocycles. The molecule has 0 spiro atoms. The summed E-state index contributed by atoms with van der Waals surface area (Å²) in [7, 11) is 3.30. The summed E-state index contributed by atoms with van der Waals surface area (Å²) in [5, 5.41) is 0. The van der Waals surface area contributed by atoms with E-state index in [9.17, 15) is 0 Å². The molecule has 0 unspecified atom stereocenters. The maximum atomic E-state index is 5.05. The molecule has 0 heterocycles. The second-order valence-corrected chi connectivity index (χ2v) is 2.12. The molecule has 0 rings (SSSR count). The van der Waals surface area contributed by atoms with Gasteiger partial charge in [0.1, 0.15) is 0 Å². The number of halogens is 2. The molecule has 2 nitrogen and oxygen atoms in total. The molecule has 0 fully saturated rings. The summed E-state index contributed by atoms with van der Waals surface area (Å²) in [5.74, 6) is 1.11. The Bertz CT molecular complexity index is 38.7. The highest BCUT2D eigenvalue weighted by atomic mass is 35.5. The molecule has 0 aromatic heterocycles. The van der Waals surface area contributed by atoms with Crippen LogP contribution in [0.5, 0.6) is 0 Å². The van der Waals surface area contributed by atoms with E-state index in [1.807, 2.05) is 0 Å². The summed E-state index contributed by atoms with van der Waals surface area (Å²) in [6, 6.07) is 0. The van der Waals surface area contributed by atoms with E-state index in [0.29, 0.717) is 25.0 Å².